The van der Waals surface area contributed by atoms with Gasteiger partial charge >= 0.3 is 0 Å². The summed E-state index contributed by atoms with van der Waals surface area (Å²) in [7, 11) is 0. The van der Waals surface area contributed by atoms with E-state index in [9.17, 15) is 4.79 Å². The van der Waals surface area contributed by atoms with Gasteiger partial charge in [0.15, 0.2) is 0 Å². The van der Waals surface area contributed by atoms with E-state index < -0.39 is 0 Å². The zero-order chi connectivity index (χ0) is 15.7. The molecule has 1 aromatic carbocycles. The first-order valence-corrected chi connectivity index (χ1v) is 7.59. The van der Waals surface area contributed by atoms with Gasteiger partial charge in [-0.05, 0) is 50.6 Å². The maximum Gasteiger partial charge on any atom is 0.227 e. The van der Waals surface area contributed by atoms with Crippen LogP contribution in [0.4, 0.5) is 11.4 Å². The van der Waals surface area contributed by atoms with E-state index in [-0.39, 0.29) is 18.4 Å². The van der Waals surface area contributed by atoms with E-state index in [1.807, 2.05) is 38.1 Å². The molecule has 0 bridgehead atoms. The number of nitrogens with two attached hydrogens (primary N) is 1. The smallest absolute Gasteiger partial charge is 0.227 e. The summed E-state index contributed by atoms with van der Waals surface area (Å²) in [5.41, 5.74) is 7.30. The van der Waals surface area contributed by atoms with Crippen molar-refractivity contribution >= 4 is 17.3 Å². The molecule has 0 radical (unpaired) electrons. The molecule has 0 saturated heterocycles. The summed E-state index contributed by atoms with van der Waals surface area (Å²) in [4.78, 5) is 14.1. The highest BCUT2D eigenvalue weighted by Crippen LogP contribution is 2.18. The van der Waals surface area contributed by atoms with Crippen LogP contribution in [0.5, 0.6) is 0 Å². The summed E-state index contributed by atoms with van der Waals surface area (Å²) in [6.45, 7) is 6.15. The number of rotatable bonds is 9. The van der Waals surface area contributed by atoms with Crippen LogP contribution >= 0.6 is 0 Å². The number of likely N-dealkylation sites (N-methyl/N-ethyl adjacent to an activating group) is 1. The number of hydrogen-bond acceptors (Lipinski definition) is 4. The van der Waals surface area contributed by atoms with Gasteiger partial charge < -0.3 is 21.1 Å². The first-order valence-electron chi connectivity index (χ1n) is 7.59. The third kappa shape index (κ3) is 5.73. The van der Waals surface area contributed by atoms with Gasteiger partial charge in [0.05, 0.1) is 6.61 Å². The Morgan fingerprint density at radius 3 is 2.57 bits per heavy atom. The Morgan fingerprint density at radius 2 is 2.05 bits per heavy atom. The molecule has 118 valence electrons. The predicted octanol–water partition coefficient (Wildman–Crippen LogP) is 1.82. The van der Waals surface area contributed by atoms with Crippen LogP contribution in [0.25, 0.3) is 0 Å². The number of benzene rings is 1. The number of amides is 1. The number of carbonyl (C=O) groups is 1. The molecule has 0 saturated carbocycles. The van der Waals surface area contributed by atoms with Crippen molar-refractivity contribution in [1.29, 1.82) is 0 Å². The van der Waals surface area contributed by atoms with Crippen molar-refractivity contribution in [3.8, 4) is 0 Å². The molecule has 1 aromatic rings. The molecule has 1 atom stereocenters. The molecular formula is C16H27N3O2. The minimum atomic E-state index is -0.0326. The Hall–Kier alpha value is -1.59. The fraction of sp³-hybridized carbons (Fsp3) is 0.562. The molecule has 1 rings (SSSR count). The third-order valence-electron chi connectivity index (χ3n) is 3.54. The van der Waals surface area contributed by atoms with Gasteiger partial charge in [0.25, 0.3) is 0 Å². The largest absolute Gasteiger partial charge is 0.395 e. The Bertz CT molecular complexity index is 420. The zero-order valence-electron chi connectivity index (χ0n) is 13.0. The molecule has 1 unspecified atom stereocenters. The van der Waals surface area contributed by atoms with Gasteiger partial charge in [0.2, 0.25) is 5.91 Å². The van der Waals surface area contributed by atoms with Crippen molar-refractivity contribution in [3.05, 3.63) is 24.3 Å². The monoisotopic (exact) mass is 293 g/mol. The van der Waals surface area contributed by atoms with Gasteiger partial charge in [-0.2, -0.15) is 0 Å². The zero-order valence-corrected chi connectivity index (χ0v) is 13.0. The molecule has 21 heavy (non-hydrogen) atoms. The van der Waals surface area contributed by atoms with Gasteiger partial charge in [-0.15, -0.1) is 0 Å². The number of hydrogen-bond donors (Lipinski definition) is 3. The number of nitrogens with one attached hydrogen (secondary N) is 1. The highest BCUT2D eigenvalue weighted by Gasteiger charge is 2.12. The maximum absolute atomic E-state index is 12.0. The van der Waals surface area contributed by atoms with E-state index in [2.05, 4.69) is 10.2 Å². The minimum Gasteiger partial charge on any atom is -0.395 e. The molecule has 0 heterocycles. The molecule has 5 heteroatoms. The summed E-state index contributed by atoms with van der Waals surface area (Å²) >= 11 is 0. The molecule has 5 nitrogen and oxygen atoms in total. The van der Waals surface area contributed by atoms with Gasteiger partial charge in [-0.25, -0.2) is 0 Å². The van der Waals surface area contributed by atoms with Crippen molar-refractivity contribution in [1.82, 2.24) is 0 Å². The SMILES string of the molecule is CCN(CCO)c1ccc(NC(=O)C(C)CCCN)cc1. The van der Waals surface area contributed by atoms with Crippen molar-refractivity contribution in [2.24, 2.45) is 11.7 Å². The van der Waals surface area contributed by atoms with Gasteiger partial charge in [0.1, 0.15) is 0 Å². The summed E-state index contributed by atoms with van der Waals surface area (Å²) in [5.74, 6) is -0.00587. The van der Waals surface area contributed by atoms with Crippen molar-refractivity contribution < 1.29 is 9.90 Å². The summed E-state index contributed by atoms with van der Waals surface area (Å²) in [6, 6.07) is 7.70. The lowest BCUT2D eigenvalue weighted by molar-refractivity contribution is -0.119. The van der Waals surface area contributed by atoms with Crippen molar-refractivity contribution in [2.45, 2.75) is 26.7 Å². The number of aliphatic hydroxyl groups excluding tert-OH is 1. The highest BCUT2D eigenvalue weighted by molar-refractivity contribution is 5.92. The average molecular weight is 293 g/mol. The second-order valence-electron chi connectivity index (χ2n) is 5.17. The van der Waals surface area contributed by atoms with Crippen LogP contribution in [-0.4, -0.2) is 37.3 Å². The fourth-order valence-corrected chi connectivity index (χ4v) is 2.17. The van der Waals surface area contributed by atoms with Crippen LogP contribution in [0.3, 0.4) is 0 Å². The first-order chi connectivity index (χ1) is 10.1. The fourth-order valence-electron chi connectivity index (χ4n) is 2.17. The van der Waals surface area contributed by atoms with Crippen LogP contribution in [0.1, 0.15) is 26.7 Å². The van der Waals surface area contributed by atoms with Crippen LogP contribution in [0, 0.1) is 5.92 Å². The summed E-state index contributed by atoms with van der Waals surface area (Å²) < 4.78 is 0. The van der Waals surface area contributed by atoms with E-state index in [0.29, 0.717) is 13.1 Å². The Morgan fingerprint density at radius 1 is 1.38 bits per heavy atom. The van der Waals surface area contributed by atoms with Gasteiger partial charge in [0, 0.05) is 30.4 Å². The van der Waals surface area contributed by atoms with Gasteiger partial charge in [-0.3, -0.25) is 4.79 Å². The van der Waals surface area contributed by atoms with E-state index in [0.717, 1.165) is 30.8 Å². The van der Waals surface area contributed by atoms with Crippen molar-refractivity contribution in [2.75, 3.05) is 36.5 Å². The topological polar surface area (TPSA) is 78.6 Å². The lowest BCUT2D eigenvalue weighted by atomic mass is 10.0. The molecule has 0 aliphatic carbocycles. The summed E-state index contributed by atoms with van der Waals surface area (Å²) in [5, 5.41) is 11.9. The number of aliphatic hydroxyl groups is 1. The average Bonchev–Trinajstić information content (AvgIpc) is 2.51. The van der Waals surface area contributed by atoms with Crippen molar-refractivity contribution in [3.63, 3.8) is 0 Å². The normalized spacial score (nSPS) is 12.0. The predicted molar refractivity (Wildman–Crippen MR) is 87.5 cm³/mol. The Labute approximate surface area is 127 Å². The standard InChI is InChI=1S/C16H27N3O2/c1-3-19(11-12-20)15-8-6-14(7-9-15)18-16(21)13(2)5-4-10-17/h6-9,13,20H,3-5,10-12,17H2,1-2H3,(H,18,21). The minimum absolute atomic E-state index is 0.0268. The van der Waals surface area contributed by atoms with Gasteiger partial charge in [-0.1, -0.05) is 6.92 Å². The molecule has 4 N–H and O–H groups in total. The molecule has 0 fully saturated rings. The summed E-state index contributed by atoms with van der Waals surface area (Å²) in [6.07, 6.45) is 1.67. The molecule has 0 aliphatic heterocycles. The lowest BCUT2D eigenvalue weighted by Crippen LogP contribution is -2.26. The second kappa shape index (κ2) is 9.37. The number of nitrogens with zero attached hydrogens (tertiary/aromatic N) is 1. The van der Waals surface area contributed by atoms with E-state index >= 15 is 0 Å². The molecule has 0 aromatic heterocycles. The van der Waals surface area contributed by atoms with Crippen LogP contribution < -0.4 is 16.0 Å². The lowest BCUT2D eigenvalue weighted by Gasteiger charge is -2.22. The molecule has 0 aliphatic rings. The molecule has 1 amide bonds. The second-order valence-corrected chi connectivity index (χ2v) is 5.17. The van der Waals surface area contributed by atoms with E-state index in [1.54, 1.807) is 0 Å². The van der Waals surface area contributed by atoms with Crippen LogP contribution in [0.2, 0.25) is 0 Å². The first kappa shape index (κ1) is 17.5. The highest BCUT2D eigenvalue weighted by atomic mass is 16.3. The quantitative estimate of drug-likeness (QED) is 0.649. The van der Waals surface area contributed by atoms with E-state index in [1.165, 1.54) is 0 Å². The molecular weight excluding hydrogens is 266 g/mol. The third-order valence-corrected chi connectivity index (χ3v) is 3.54. The molecule has 0 spiro atoms. The van der Waals surface area contributed by atoms with Crippen LogP contribution in [0.15, 0.2) is 24.3 Å². The number of carbonyl (C=O) groups excluding carboxylic acids is 1. The maximum atomic E-state index is 12.0. The Balaban J connectivity index is 2.59. The number of anilines is 2. The Kier molecular flexibility index (Phi) is 7.79. The van der Waals surface area contributed by atoms with Crippen LogP contribution in [-0.2, 0) is 4.79 Å². The van der Waals surface area contributed by atoms with E-state index in [4.69, 9.17) is 10.8 Å².